The summed E-state index contributed by atoms with van der Waals surface area (Å²) in [7, 11) is 0. The van der Waals surface area contributed by atoms with E-state index in [2.05, 4.69) is 15.3 Å². The summed E-state index contributed by atoms with van der Waals surface area (Å²) in [6.07, 6.45) is 2.50. The van der Waals surface area contributed by atoms with E-state index >= 15 is 0 Å². The first kappa shape index (κ1) is 12.0. The summed E-state index contributed by atoms with van der Waals surface area (Å²) >= 11 is 0. The molecule has 0 amide bonds. The molecule has 0 aromatic carbocycles. The van der Waals surface area contributed by atoms with Gasteiger partial charge in [-0.05, 0) is 19.9 Å². The molecule has 1 aromatic rings. The van der Waals surface area contributed by atoms with Gasteiger partial charge in [-0.25, -0.2) is 9.78 Å². The number of aromatic nitrogens is 2. The zero-order valence-corrected chi connectivity index (χ0v) is 9.19. The first-order valence-electron chi connectivity index (χ1n) is 4.83. The number of nitrogens with two attached hydrogens (primary N) is 1. The number of hydrogen-bond acceptors (Lipinski definition) is 5. The van der Waals surface area contributed by atoms with Gasteiger partial charge in [-0.15, -0.1) is 0 Å². The molecule has 86 valence electrons. The number of nitrogens with one attached hydrogen (secondary N) is 1. The average Bonchev–Trinajstić information content (AvgIpc) is 2.16. The summed E-state index contributed by atoms with van der Waals surface area (Å²) in [5.41, 5.74) is 6.79. The van der Waals surface area contributed by atoms with Crippen molar-refractivity contribution in [1.29, 1.82) is 0 Å². The van der Waals surface area contributed by atoms with Crippen LogP contribution in [0.25, 0.3) is 6.08 Å². The van der Waals surface area contributed by atoms with Crippen molar-refractivity contribution in [2.75, 3.05) is 17.6 Å². The molecule has 0 aliphatic heterocycles. The fourth-order valence-electron chi connectivity index (χ4n) is 1.26. The van der Waals surface area contributed by atoms with Gasteiger partial charge in [-0.1, -0.05) is 0 Å². The maximum Gasteiger partial charge on any atom is 0.328 e. The lowest BCUT2D eigenvalue weighted by Gasteiger charge is -2.09. The molecule has 1 rings (SSSR count). The summed E-state index contributed by atoms with van der Waals surface area (Å²) < 4.78 is 0. The molecule has 16 heavy (non-hydrogen) atoms. The topological polar surface area (TPSA) is 101 Å². The maximum absolute atomic E-state index is 10.4. The zero-order valence-electron chi connectivity index (χ0n) is 9.19. The lowest BCUT2D eigenvalue weighted by Crippen LogP contribution is -2.07. The molecule has 0 saturated carbocycles. The zero-order chi connectivity index (χ0) is 12.1. The van der Waals surface area contributed by atoms with Crippen molar-refractivity contribution in [2.45, 2.75) is 13.8 Å². The minimum atomic E-state index is -1.02. The van der Waals surface area contributed by atoms with Crippen molar-refractivity contribution in [3.63, 3.8) is 0 Å². The Hall–Kier alpha value is -2.11. The van der Waals surface area contributed by atoms with Gasteiger partial charge in [0.1, 0.15) is 5.82 Å². The van der Waals surface area contributed by atoms with E-state index in [-0.39, 0.29) is 5.95 Å². The number of aliphatic carboxylic acids is 1. The lowest BCUT2D eigenvalue weighted by molar-refractivity contribution is -0.131. The van der Waals surface area contributed by atoms with Gasteiger partial charge in [0, 0.05) is 18.2 Å². The molecule has 1 aromatic heterocycles. The second-order valence-electron chi connectivity index (χ2n) is 3.13. The van der Waals surface area contributed by atoms with Crippen molar-refractivity contribution in [3.8, 4) is 0 Å². The first-order valence-corrected chi connectivity index (χ1v) is 4.83. The second-order valence-corrected chi connectivity index (χ2v) is 3.13. The number of nitrogen functional groups attached to an aromatic ring is 1. The van der Waals surface area contributed by atoms with Gasteiger partial charge in [0.05, 0.1) is 5.69 Å². The molecule has 0 radical (unpaired) electrons. The highest BCUT2D eigenvalue weighted by atomic mass is 16.4. The first-order chi connectivity index (χ1) is 7.54. The van der Waals surface area contributed by atoms with E-state index in [0.29, 0.717) is 23.6 Å². The Kier molecular flexibility index (Phi) is 3.82. The Bertz CT molecular complexity index is 429. The van der Waals surface area contributed by atoms with E-state index in [0.717, 1.165) is 6.08 Å². The highest BCUT2D eigenvalue weighted by Crippen LogP contribution is 2.18. The van der Waals surface area contributed by atoms with Crippen LogP contribution in [-0.2, 0) is 4.79 Å². The summed E-state index contributed by atoms with van der Waals surface area (Å²) in [5, 5.41) is 11.6. The number of nitrogens with zero attached hydrogens (tertiary/aromatic N) is 2. The smallest absolute Gasteiger partial charge is 0.328 e. The molecule has 0 unspecified atom stereocenters. The van der Waals surface area contributed by atoms with Crippen LogP contribution in [-0.4, -0.2) is 27.6 Å². The van der Waals surface area contributed by atoms with Crippen LogP contribution in [0.4, 0.5) is 11.8 Å². The average molecular weight is 222 g/mol. The Morgan fingerprint density at radius 3 is 2.81 bits per heavy atom. The van der Waals surface area contributed by atoms with Crippen molar-refractivity contribution in [1.82, 2.24) is 9.97 Å². The number of hydrogen-bond donors (Lipinski definition) is 3. The van der Waals surface area contributed by atoms with E-state index < -0.39 is 5.97 Å². The van der Waals surface area contributed by atoms with E-state index in [4.69, 9.17) is 10.8 Å². The molecule has 1 heterocycles. The Morgan fingerprint density at radius 1 is 1.56 bits per heavy atom. The lowest BCUT2D eigenvalue weighted by atomic mass is 10.2. The van der Waals surface area contributed by atoms with E-state index in [1.807, 2.05) is 6.92 Å². The fourth-order valence-corrected chi connectivity index (χ4v) is 1.26. The van der Waals surface area contributed by atoms with Crippen LogP contribution < -0.4 is 11.1 Å². The minimum absolute atomic E-state index is 0.168. The Labute approximate surface area is 93.2 Å². The molecule has 6 heteroatoms. The van der Waals surface area contributed by atoms with Crippen LogP contribution >= 0.6 is 0 Å². The van der Waals surface area contributed by atoms with Crippen LogP contribution in [0.1, 0.15) is 18.2 Å². The van der Waals surface area contributed by atoms with Crippen LogP contribution in [0.15, 0.2) is 6.08 Å². The molecule has 0 aliphatic rings. The maximum atomic E-state index is 10.4. The van der Waals surface area contributed by atoms with Gasteiger partial charge >= 0.3 is 5.97 Å². The predicted molar refractivity (Wildman–Crippen MR) is 62.0 cm³/mol. The summed E-state index contributed by atoms with van der Waals surface area (Å²) in [6, 6.07) is 0. The van der Waals surface area contributed by atoms with Gasteiger partial charge in [0.25, 0.3) is 0 Å². The van der Waals surface area contributed by atoms with Gasteiger partial charge in [-0.2, -0.15) is 4.98 Å². The third-order valence-electron chi connectivity index (χ3n) is 1.89. The van der Waals surface area contributed by atoms with Gasteiger partial charge in [0.15, 0.2) is 0 Å². The van der Waals surface area contributed by atoms with Gasteiger partial charge in [-0.3, -0.25) is 0 Å². The highest BCUT2D eigenvalue weighted by Gasteiger charge is 2.07. The highest BCUT2D eigenvalue weighted by molar-refractivity contribution is 5.86. The normalized spacial score (nSPS) is 10.6. The standard InChI is InChI=1S/C10H14N4O2/c1-3-12-9-7(4-5-8(15)16)6(2)13-10(11)14-9/h4-5H,3H2,1-2H3,(H,15,16)(H3,11,12,13,14). The third kappa shape index (κ3) is 2.94. The summed E-state index contributed by atoms with van der Waals surface area (Å²) in [4.78, 5) is 18.4. The largest absolute Gasteiger partial charge is 0.478 e. The predicted octanol–water partition coefficient (Wildman–Crippen LogP) is 0.897. The number of rotatable bonds is 4. The van der Waals surface area contributed by atoms with Gasteiger partial charge < -0.3 is 16.2 Å². The fraction of sp³-hybridized carbons (Fsp3) is 0.300. The van der Waals surface area contributed by atoms with Crippen molar-refractivity contribution < 1.29 is 9.90 Å². The molecular weight excluding hydrogens is 208 g/mol. The molecule has 4 N–H and O–H groups in total. The van der Waals surface area contributed by atoms with E-state index in [9.17, 15) is 4.79 Å². The van der Waals surface area contributed by atoms with Gasteiger partial charge in [0.2, 0.25) is 5.95 Å². The number of carboxylic acids is 1. The monoisotopic (exact) mass is 222 g/mol. The van der Waals surface area contributed by atoms with Crippen molar-refractivity contribution in [2.24, 2.45) is 0 Å². The van der Waals surface area contributed by atoms with E-state index in [1.54, 1.807) is 6.92 Å². The van der Waals surface area contributed by atoms with Crippen LogP contribution in [0, 0.1) is 6.92 Å². The molecule has 0 saturated heterocycles. The van der Waals surface area contributed by atoms with E-state index in [1.165, 1.54) is 6.08 Å². The molecule has 0 spiro atoms. The molecule has 0 bridgehead atoms. The van der Waals surface area contributed by atoms with Crippen LogP contribution in [0.3, 0.4) is 0 Å². The molecule has 0 fully saturated rings. The van der Waals surface area contributed by atoms with Crippen LogP contribution in [0.5, 0.6) is 0 Å². The molecule has 0 atom stereocenters. The number of anilines is 2. The number of aryl methyl sites for hydroxylation is 1. The molecular formula is C10H14N4O2. The van der Waals surface area contributed by atoms with Crippen molar-refractivity contribution >= 4 is 23.8 Å². The molecule has 6 nitrogen and oxygen atoms in total. The summed E-state index contributed by atoms with van der Waals surface area (Å²) in [6.45, 7) is 4.34. The second kappa shape index (κ2) is 5.11. The number of carboxylic acid groups (broad SMARTS) is 1. The third-order valence-corrected chi connectivity index (χ3v) is 1.89. The SMILES string of the molecule is CCNc1nc(N)nc(C)c1C=CC(=O)O. The Balaban J connectivity index is 3.18. The van der Waals surface area contributed by atoms with Crippen molar-refractivity contribution in [3.05, 3.63) is 17.3 Å². The quantitative estimate of drug-likeness (QED) is 0.654. The Morgan fingerprint density at radius 2 is 2.25 bits per heavy atom. The summed E-state index contributed by atoms with van der Waals surface area (Å²) in [5.74, 6) is -0.301. The number of carbonyl (C=O) groups is 1. The molecule has 0 aliphatic carbocycles. The van der Waals surface area contributed by atoms with Crippen LogP contribution in [0.2, 0.25) is 0 Å². The minimum Gasteiger partial charge on any atom is -0.478 e.